The second kappa shape index (κ2) is 7.13. The number of nitrogens with zero attached hydrogens (tertiary/aromatic N) is 1. The first-order valence-corrected chi connectivity index (χ1v) is 8.56. The van der Waals surface area contributed by atoms with E-state index in [4.69, 9.17) is 9.47 Å². The molecule has 1 saturated heterocycles. The molecule has 1 aliphatic rings. The summed E-state index contributed by atoms with van der Waals surface area (Å²) >= 11 is 0.861. The summed E-state index contributed by atoms with van der Waals surface area (Å²) < 4.78 is 10.2. The topological polar surface area (TPSA) is 76.1 Å². The molecule has 7 heteroatoms. The molecule has 26 heavy (non-hydrogen) atoms. The van der Waals surface area contributed by atoms with Crippen LogP contribution in [0.1, 0.15) is 11.1 Å². The number of aromatic hydroxyl groups is 1. The predicted octanol–water partition coefficient (Wildman–Crippen LogP) is 3.96. The molecule has 134 valence electrons. The van der Waals surface area contributed by atoms with Gasteiger partial charge in [0, 0.05) is 0 Å². The Kier molecular flexibility index (Phi) is 4.90. The number of phenolic OH excluding ortho intramolecular Hbond substituents is 1. The van der Waals surface area contributed by atoms with Crippen LogP contribution >= 0.6 is 11.8 Å². The Bertz CT molecular complexity index is 880. The predicted molar refractivity (Wildman–Crippen MR) is 101 cm³/mol. The molecule has 0 bridgehead atoms. The van der Waals surface area contributed by atoms with Crippen LogP contribution in [0.25, 0.3) is 6.08 Å². The van der Waals surface area contributed by atoms with E-state index in [1.807, 2.05) is 19.1 Å². The molecule has 1 heterocycles. The number of phenols is 1. The SMILES string of the molecule is COc1cc(C=C2SC(=O)N(c3ccc(C)cc3)C2=O)cc(OC)c1O. The Morgan fingerprint density at radius 1 is 1.04 bits per heavy atom. The molecule has 2 aromatic carbocycles. The number of hydrogen-bond acceptors (Lipinski definition) is 6. The van der Waals surface area contributed by atoms with Crippen molar-refractivity contribution >= 4 is 34.7 Å². The van der Waals surface area contributed by atoms with Gasteiger partial charge in [-0.1, -0.05) is 17.7 Å². The molecule has 2 aromatic rings. The molecule has 2 amide bonds. The minimum Gasteiger partial charge on any atom is -0.502 e. The molecule has 0 atom stereocenters. The van der Waals surface area contributed by atoms with Gasteiger partial charge >= 0.3 is 0 Å². The molecule has 0 radical (unpaired) electrons. The van der Waals surface area contributed by atoms with Crippen molar-refractivity contribution in [2.45, 2.75) is 6.92 Å². The van der Waals surface area contributed by atoms with Gasteiger partial charge in [0.25, 0.3) is 11.1 Å². The van der Waals surface area contributed by atoms with Crippen LogP contribution in [0.2, 0.25) is 0 Å². The van der Waals surface area contributed by atoms with Crippen LogP contribution in [-0.4, -0.2) is 30.5 Å². The Labute approximate surface area is 155 Å². The van der Waals surface area contributed by atoms with Gasteiger partial charge in [-0.3, -0.25) is 9.59 Å². The fraction of sp³-hybridized carbons (Fsp3) is 0.158. The van der Waals surface area contributed by atoms with Crippen molar-refractivity contribution in [2.75, 3.05) is 19.1 Å². The first-order valence-electron chi connectivity index (χ1n) is 7.74. The molecule has 3 rings (SSSR count). The number of amides is 2. The van der Waals surface area contributed by atoms with Gasteiger partial charge in [0.15, 0.2) is 11.5 Å². The monoisotopic (exact) mass is 371 g/mol. The van der Waals surface area contributed by atoms with Gasteiger partial charge in [0.05, 0.1) is 24.8 Å². The number of methoxy groups -OCH3 is 2. The molecule has 1 fully saturated rings. The quantitative estimate of drug-likeness (QED) is 0.820. The van der Waals surface area contributed by atoms with Crippen LogP contribution in [0.15, 0.2) is 41.3 Å². The summed E-state index contributed by atoms with van der Waals surface area (Å²) in [7, 11) is 2.84. The minimum atomic E-state index is -0.394. The summed E-state index contributed by atoms with van der Waals surface area (Å²) in [6.45, 7) is 1.93. The number of imide groups is 1. The lowest BCUT2D eigenvalue weighted by atomic mass is 10.1. The lowest BCUT2D eigenvalue weighted by Crippen LogP contribution is -2.27. The number of carbonyl (C=O) groups is 2. The Morgan fingerprint density at radius 2 is 1.62 bits per heavy atom. The molecule has 6 nitrogen and oxygen atoms in total. The molecule has 0 aliphatic carbocycles. The van der Waals surface area contributed by atoms with Crippen molar-refractivity contribution < 1.29 is 24.2 Å². The second-order valence-corrected chi connectivity index (χ2v) is 6.62. The van der Waals surface area contributed by atoms with E-state index in [-0.39, 0.29) is 27.4 Å². The Balaban J connectivity index is 1.97. The van der Waals surface area contributed by atoms with Crippen LogP contribution in [0.5, 0.6) is 17.2 Å². The van der Waals surface area contributed by atoms with Crippen LogP contribution in [-0.2, 0) is 4.79 Å². The van der Waals surface area contributed by atoms with Crippen LogP contribution in [0.4, 0.5) is 10.5 Å². The van der Waals surface area contributed by atoms with Crippen LogP contribution in [0, 0.1) is 6.92 Å². The number of hydrogen-bond donors (Lipinski definition) is 1. The van der Waals surface area contributed by atoms with E-state index in [0.29, 0.717) is 11.3 Å². The van der Waals surface area contributed by atoms with E-state index in [9.17, 15) is 14.7 Å². The zero-order valence-corrected chi connectivity index (χ0v) is 15.3. The van der Waals surface area contributed by atoms with Crippen molar-refractivity contribution in [1.29, 1.82) is 0 Å². The highest BCUT2D eigenvalue weighted by Crippen LogP contribution is 2.40. The smallest absolute Gasteiger partial charge is 0.298 e. The third kappa shape index (κ3) is 3.25. The van der Waals surface area contributed by atoms with Crippen molar-refractivity contribution in [3.8, 4) is 17.2 Å². The lowest BCUT2D eigenvalue weighted by molar-refractivity contribution is -0.113. The standard InChI is InChI=1S/C19H17NO5S/c1-11-4-6-13(7-5-11)20-18(22)16(26-19(20)23)10-12-8-14(24-2)17(21)15(9-12)25-3/h4-10,21H,1-3H3. The number of anilines is 1. The van der Waals surface area contributed by atoms with Gasteiger partial charge < -0.3 is 14.6 Å². The molecule has 1 N–H and O–H groups in total. The number of carbonyl (C=O) groups excluding carboxylic acids is 2. The van der Waals surface area contributed by atoms with Gasteiger partial charge in [-0.25, -0.2) is 4.90 Å². The maximum atomic E-state index is 12.7. The van der Waals surface area contributed by atoms with E-state index in [0.717, 1.165) is 22.2 Å². The average Bonchev–Trinajstić information content (AvgIpc) is 2.90. The largest absolute Gasteiger partial charge is 0.502 e. The molecule has 0 saturated carbocycles. The van der Waals surface area contributed by atoms with Gasteiger partial charge in [-0.15, -0.1) is 0 Å². The summed E-state index contributed by atoms with van der Waals surface area (Å²) in [5, 5.41) is 9.62. The molecule has 0 spiro atoms. The van der Waals surface area contributed by atoms with Crippen LogP contribution < -0.4 is 14.4 Å². The van der Waals surface area contributed by atoms with Crippen LogP contribution in [0.3, 0.4) is 0 Å². The number of thioether (sulfide) groups is 1. The van der Waals surface area contributed by atoms with Gasteiger partial charge in [0.1, 0.15) is 0 Å². The summed E-state index contributed by atoms with van der Waals surface area (Å²) in [5.74, 6) is -0.0866. The fourth-order valence-electron chi connectivity index (χ4n) is 2.53. The maximum absolute atomic E-state index is 12.7. The number of ether oxygens (including phenoxy) is 2. The summed E-state index contributed by atoms with van der Waals surface area (Å²) in [6, 6.07) is 10.3. The average molecular weight is 371 g/mol. The van der Waals surface area contributed by atoms with Crippen molar-refractivity contribution in [1.82, 2.24) is 0 Å². The van der Waals surface area contributed by atoms with E-state index in [1.165, 1.54) is 14.2 Å². The Morgan fingerprint density at radius 3 is 2.15 bits per heavy atom. The highest BCUT2D eigenvalue weighted by atomic mass is 32.2. The molecule has 1 aliphatic heterocycles. The van der Waals surface area contributed by atoms with E-state index < -0.39 is 5.91 Å². The zero-order valence-electron chi connectivity index (χ0n) is 14.5. The maximum Gasteiger partial charge on any atom is 0.298 e. The fourth-order valence-corrected chi connectivity index (χ4v) is 3.37. The molecular formula is C19H17NO5S. The number of aryl methyl sites for hydroxylation is 1. The summed E-state index contributed by atoms with van der Waals surface area (Å²) in [6.07, 6.45) is 1.57. The van der Waals surface area contributed by atoms with Gasteiger partial charge in [-0.2, -0.15) is 0 Å². The molecular weight excluding hydrogens is 354 g/mol. The summed E-state index contributed by atoms with van der Waals surface area (Å²) in [4.78, 5) is 26.4. The minimum absolute atomic E-state index is 0.125. The van der Waals surface area contributed by atoms with Gasteiger partial charge in [-0.05, 0) is 54.6 Å². The normalized spacial score (nSPS) is 15.7. The number of benzene rings is 2. The highest BCUT2D eigenvalue weighted by molar-refractivity contribution is 8.19. The van der Waals surface area contributed by atoms with E-state index >= 15 is 0 Å². The lowest BCUT2D eigenvalue weighted by Gasteiger charge is -2.12. The van der Waals surface area contributed by atoms with Crippen molar-refractivity contribution in [3.63, 3.8) is 0 Å². The first kappa shape index (κ1) is 17.9. The summed E-state index contributed by atoms with van der Waals surface area (Å²) in [5.41, 5.74) is 2.15. The molecule has 0 unspecified atom stereocenters. The highest BCUT2D eigenvalue weighted by Gasteiger charge is 2.36. The van der Waals surface area contributed by atoms with Crippen molar-refractivity contribution in [3.05, 3.63) is 52.4 Å². The van der Waals surface area contributed by atoms with E-state index in [1.54, 1.807) is 30.3 Å². The number of rotatable bonds is 4. The zero-order chi connectivity index (χ0) is 18.8. The second-order valence-electron chi connectivity index (χ2n) is 5.63. The van der Waals surface area contributed by atoms with E-state index in [2.05, 4.69) is 0 Å². The first-order chi connectivity index (χ1) is 12.4. The third-order valence-corrected chi connectivity index (χ3v) is 4.76. The Hall–Kier alpha value is -2.93. The third-order valence-electron chi connectivity index (χ3n) is 3.89. The van der Waals surface area contributed by atoms with Gasteiger partial charge in [0.2, 0.25) is 5.75 Å². The van der Waals surface area contributed by atoms with Crippen molar-refractivity contribution in [2.24, 2.45) is 0 Å². The molecule has 0 aromatic heterocycles.